The first-order valence-corrected chi connectivity index (χ1v) is 3.93. The number of aliphatic imine (C=N–C) groups is 1. The fourth-order valence-corrected chi connectivity index (χ4v) is 0.562. The average molecular weight is 168 g/mol. The standard InChI is InChI=1S/C9H16N2O/c1-4-6-7-10-9-12-11(3)8-5-2/h4-6,8-9H,7H2,1-3H3/b6-4-,8-5-,10-9-. The molecule has 0 radical (unpaired) electrons. The Morgan fingerprint density at radius 1 is 1.33 bits per heavy atom. The first-order chi connectivity index (χ1) is 5.81. The summed E-state index contributed by atoms with van der Waals surface area (Å²) in [6, 6.07) is 0. The lowest BCUT2D eigenvalue weighted by molar-refractivity contribution is 0.0139. The largest absolute Gasteiger partial charge is 0.368 e. The van der Waals surface area contributed by atoms with Crippen molar-refractivity contribution in [2.24, 2.45) is 4.99 Å². The Morgan fingerprint density at radius 2 is 2.08 bits per heavy atom. The van der Waals surface area contributed by atoms with Crippen molar-refractivity contribution in [3.63, 3.8) is 0 Å². The van der Waals surface area contributed by atoms with Gasteiger partial charge in [0.2, 0.25) is 6.40 Å². The molecule has 0 aromatic heterocycles. The summed E-state index contributed by atoms with van der Waals surface area (Å²) in [5.74, 6) is 0. The fraction of sp³-hybridized carbons (Fsp3) is 0.444. The van der Waals surface area contributed by atoms with Gasteiger partial charge in [0, 0.05) is 13.2 Å². The molecule has 68 valence electrons. The summed E-state index contributed by atoms with van der Waals surface area (Å²) in [6.45, 7) is 4.55. The monoisotopic (exact) mass is 168 g/mol. The van der Waals surface area contributed by atoms with Crippen LogP contribution >= 0.6 is 0 Å². The fourth-order valence-electron chi connectivity index (χ4n) is 0.562. The third-order valence-electron chi connectivity index (χ3n) is 1.09. The summed E-state index contributed by atoms with van der Waals surface area (Å²) in [4.78, 5) is 9.02. The molecule has 0 aliphatic heterocycles. The molecule has 0 aromatic carbocycles. The predicted octanol–water partition coefficient (Wildman–Crippen LogP) is 1.99. The molecule has 3 nitrogen and oxygen atoms in total. The Morgan fingerprint density at radius 3 is 2.67 bits per heavy atom. The van der Waals surface area contributed by atoms with Gasteiger partial charge in [-0.05, 0) is 13.8 Å². The normalized spacial score (nSPS) is 11.9. The number of allylic oxidation sites excluding steroid dienone is 2. The minimum Gasteiger partial charge on any atom is -0.368 e. The number of hydroxylamine groups is 2. The van der Waals surface area contributed by atoms with E-state index in [2.05, 4.69) is 4.99 Å². The van der Waals surface area contributed by atoms with Crippen LogP contribution < -0.4 is 0 Å². The van der Waals surface area contributed by atoms with Crippen molar-refractivity contribution in [2.75, 3.05) is 13.6 Å². The van der Waals surface area contributed by atoms with Gasteiger partial charge in [-0.15, -0.1) is 0 Å². The van der Waals surface area contributed by atoms with Crippen molar-refractivity contribution >= 4 is 6.40 Å². The van der Waals surface area contributed by atoms with Gasteiger partial charge in [0.25, 0.3) is 0 Å². The smallest absolute Gasteiger partial charge is 0.204 e. The van der Waals surface area contributed by atoms with Crippen LogP contribution in [0.3, 0.4) is 0 Å². The molecular weight excluding hydrogens is 152 g/mol. The molecule has 0 bridgehead atoms. The molecule has 0 N–H and O–H groups in total. The number of rotatable bonds is 5. The van der Waals surface area contributed by atoms with Gasteiger partial charge in [0.15, 0.2) is 0 Å². The molecule has 0 unspecified atom stereocenters. The Balaban J connectivity index is 3.46. The van der Waals surface area contributed by atoms with E-state index in [0.29, 0.717) is 6.54 Å². The zero-order chi connectivity index (χ0) is 9.23. The highest BCUT2D eigenvalue weighted by Crippen LogP contribution is 1.83. The van der Waals surface area contributed by atoms with E-state index in [4.69, 9.17) is 4.84 Å². The Labute approximate surface area is 74.0 Å². The van der Waals surface area contributed by atoms with E-state index in [1.807, 2.05) is 45.3 Å². The van der Waals surface area contributed by atoms with Crippen LogP contribution in [0, 0.1) is 0 Å². The minimum absolute atomic E-state index is 0.667. The molecule has 0 aromatic rings. The highest BCUT2D eigenvalue weighted by atomic mass is 16.7. The zero-order valence-corrected chi connectivity index (χ0v) is 7.90. The van der Waals surface area contributed by atoms with Gasteiger partial charge in [-0.3, -0.25) is 4.99 Å². The lowest BCUT2D eigenvalue weighted by Crippen LogP contribution is -2.09. The second-order valence-corrected chi connectivity index (χ2v) is 2.17. The summed E-state index contributed by atoms with van der Waals surface area (Å²) < 4.78 is 0. The first-order valence-electron chi connectivity index (χ1n) is 3.93. The van der Waals surface area contributed by atoms with Gasteiger partial charge in [0.1, 0.15) is 0 Å². The van der Waals surface area contributed by atoms with E-state index >= 15 is 0 Å². The van der Waals surface area contributed by atoms with Gasteiger partial charge in [-0.25, -0.2) is 5.06 Å². The predicted molar refractivity (Wildman–Crippen MR) is 51.8 cm³/mol. The second kappa shape index (κ2) is 7.85. The maximum Gasteiger partial charge on any atom is 0.204 e. The zero-order valence-electron chi connectivity index (χ0n) is 7.90. The minimum atomic E-state index is 0.667. The number of hydrogen-bond acceptors (Lipinski definition) is 3. The molecule has 0 rings (SSSR count). The van der Waals surface area contributed by atoms with E-state index in [9.17, 15) is 0 Å². The topological polar surface area (TPSA) is 24.8 Å². The Hall–Kier alpha value is -1.25. The molecule has 0 fully saturated rings. The van der Waals surface area contributed by atoms with Crippen LogP contribution in [0.4, 0.5) is 0 Å². The van der Waals surface area contributed by atoms with E-state index in [1.165, 1.54) is 6.40 Å². The molecule has 0 amide bonds. The number of nitrogens with zero attached hydrogens (tertiary/aromatic N) is 2. The van der Waals surface area contributed by atoms with Crippen LogP contribution in [-0.4, -0.2) is 25.1 Å². The third-order valence-corrected chi connectivity index (χ3v) is 1.09. The van der Waals surface area contributed by atoms with Crippen molar-refractivity contribution in [2.45, 2.75) is 13.8 Å². The lowest BCUT2D eigenvalue weighted by Gasteiger charge is -2.09. The third kappa shape index (κ3) is 6.86. The molecular formula is C9H16N2O. The lowest BCUT2D eigenvalue weighted by atomic mass is 10.5. The van der Waals surface area contributed by atoms with E-state index in [1.54, 1.807) is 5.06 Å². The van der Waals surface area contributed by atoms with Gasteiger partial charge >= 0.3 is 0 Å². The summed E-state index contributed by atoms with van der Waals surface area (Å²) in [5.41, 5.74) is 0. The highest BCUT2D eigenvalue weighted by Gasteiger charge is 1.82. The second-order valence-electron chi connectivity index (χ2n) is 2.17. The van der Waals surface area contributed by atoms with Gasteiger partial charge < -0.3 is 4.84 Å². The molecule has 0 aliphatic carbocycles. The van der Waals surface area contributed by atoms with E-state index < -0.39 is 0 Å². The number of hydrogen-bond donors (Lipinski definition) is 0. The van der Waals surface area contributed by atoms with Crippen molar-refractivity contribution in [3.8, 4) is 0 Å². The maximum absolute atomic E-state index is 5.05. The molecule has 12 heavy (non-hydrogen) atoms. The first kappa shape index (κ1) is 10.8. The Bertz CT molecular complexity index is 173. The molecule has 0 aliphatic rings. The van der Waals surface area contributed by atoms with Crippen LogP contribution in [0.5, 0.6) is 0 Å². The van der Waals surface area contributed by atoms with Crippen LogP contribution in [0.15, 0.2) is 29.4 Å². The van der Waals surface area contributed by atoms with Crippen LogP contribution in [-0.2, 0) is 4.84 Å². The van der Waals surface area contributed by atoms with Crippen LogP contribution in [0.25, 0.3) is 0 Å². The van der Waals surface area contributed by atoms with Gasteiger partial charge in [-0.1, -0.05) is 18.2 Å². The van der Waals surface area contributed by atoms with Crippen molar-refractivity contribution in [3.05, 3.63) is 24.4 Å². The Kier molecular flexibility index (Phi) is 7.03. The maximum atomic E-state index is 5.05. The summed E-state index contributed by atoms with van der Waals surface area (Å²) in [7, 11) is 1.81. The van der Waals surface area contributed by atoms with Crippen LogP contribution in [0.2, 0.25) is 0 Å². The van der Waals surface area contributed by atoms with Gasteiger partial charge in [0.05, 0.1) is 6.54 Å². The molecule has 3 heteroatoms. The van der Waals surface area contributed by atoms with Crippen molar-refractivity contribution in [1.29, 1.82) is 0 Å². The highest BCUT2D eigenvalue weighted by molar-refractivity contribution is 5.46. The molecule has 0 saturated heterocycles. The quantitative estimate of drug-likeness (QED) is 0.271. The summed E-state index contributed by atoms with van der Waals surface area (Å²) >= 11 is 0. The molecule has 0 atom stereocenters. The average Bonchev–Trinajstić information content (AvgIpc) is 2.05. The van der Waals surface area contributed by atoms with Crippen molar-refractivity contribution < 1.29 is 4.84 Å². The van der Waals surface area contributed by atoms with E-state index in [0.717, 1.165) is 0 Å². The van der Waals surface area contributed by atoms with E-state index in [-0.39, 0.29) is 0 Å². The summed E-state index contributed by atoms with van der Waals surface area (Å²) in [5, 5.41) is 1.58. The SMILES string of the molecule is C/C=C\C/N=C\ON(C)/C=C\C. The molecule has 0 heterocycles. The van der Waals surface area contributed by atoms with Gasteiger partial charge in [-0.2, -0.15) is 0 Å². The molecule has 0 spiro atoms. The summed E-state index contributed by atoms with van der Waals surface area (Å²) in [6.07, 6.45) is 9.03. The van der Waals surface area contributed by atoms with Crippen molar-refractivity contribution in [1.82, 2.24) is 5.06 Å². The molecule has 0 saturated carbocycles. The van der Waals surface area contributed by atoms with Crippen LogP contribution in [0.1, 0.15) is 13.8 Å².